The van der Waals surface area contributed by atoms with Gasteiger partial charge in [-0.2, -0.15) is 0 Å². The van der Waals surface area contributed by atoms with Gasteiger partial charge in [0.2, 0.25) is 0 Å². The fourth-order valence-corrected chi connectivity index (χ4v) is 2.40. The molecular weight excluding hydrogens is 212 g/mol. The lowest BCUT2D eigenvalue weighted by atomic mass is 10.0. The Morgan fingerprint density at radius 2 is 1.71 bits per heavy atom. The van der Waals surface area contributed by atoms with E-state index in [1.54, 1.807) is 0 Å². The van der Waals surface area contributed by atoms with E-state index in [-0.39, 0.29) is 6.10 Å². The van der Waals surface area contributed by atoms with Crippen molar-refractivity contribution >= 4 is 0 Å². The largest absolute Gasteiger partial charge is 0.393 e. The van der Waals surface area contributed by atoms with E-state index in [9.17, 15) is 5.11 Å². The van der Waals surface area contributed by atoms with Crippen molar-refractivity contribution in [1.82, 2.24) is 9.80 Å². The summed E-state index contributed by atoms with van der Waals surface area (Å²) < 4.78 is 0. The minimum atomic E-state index is -0.0918. The molecule has 3 nitrogen and oxygen atoms in total. The highest BCUT2D eigenvalue weighted by molar-refractivity contribution is 4.81. The van der Waals surface area contributed by atoms with Gasteiger partial charge in [-0.15, -0.1) is 0 Å². The molecule has 0 aromatic heterocycles. The Morgan fingerprint density at radius 1 is 1.12 bits per heavy atom. The van der Waals surface area contributed by atoms with Crippen LogP contribution in [-0.4, -0.2) is 59.3 Å². The molecule has 0 bridgehead atoms. The molecule has 1 unspecified atom stereocenters. The Hall–Kier alpha value is -0.120. The Balaban J connectivity index is 2.15. The number of nitrogens with zero attached hydrogens (tertiary/aromatic N) is 2. The average molecular weight is 242 g/mol. The molecule has 1 aliphatic heterocycles. The van der Waals surface area contributed by atoms with Crippen LogP contribution in [0.5, 0.6) is 0 Å². The van der Waals surface area contributed by atoms with Crippen molar-refractivity contribution < 1.29 is 5.11 Å². The van der Waals surface area contributed by atoms with Crippen molar-refractivity contribution in [2.75, 3.05) is 32.7 Å². The van der Waals surface area contributed by atoms with E-state index in [2.05, 4.69) is 30.6 Å². The highest BCUT2D eigenvalue weighted by atomic mass is 16.3. The number of hydrogen-bond donors (Lipinski definition) is 1. The summed E-state index contributed by atoms with van der Waals surface area (Å²) in [4.78, 5) is 5.09. The van der Waals surface area contributed by atoms with Crippen molar-refractivity contribution in [3.05, 3.63) is 0 Å². The Morgan fingerprint density at radius 3 is 2.18 bits per heavy atom. The van der Waals surface area contributed by atoms with Gasteiger partial charge in [0.05, 0.1) is 6.10 Å². The van der Waals surface area contributed by atoms with Crippen LogP contribution < -0.4 is 0 Å². The van der Waals surface area contributed by atoms with Crippen LogP contribution in [0.15, 0.2) is 0 Å². The van der Waals surface area contributed by atoms with Gasteiger partial charge in [0.25, 0.3) is 0 Å². The molecule has 3 heteroatoms. The number of piperazine rings is 1. The third-order valence-electron chi connectivity index (χ3n) is 3.80. The van der Waals surface area contributed by atoms with E-state index in [0.717, 1.165) is 25.8 Å². The lowest BCUT2D eigenvalue weighted by molar-refractivity contribution is 0.0591. The van der Waals surface area contributed by atoms with Crippen LogP contribution in [0, 0.1) is 0 Å². The van der Waals surface area contributed by atoms with Gasteiger partial charge in [-0.05, 0) is 46.6 Å². The summed E-state index contributed by atoms with van der Waals surface area (Å²) in [6, 6.07) is 0. The van der Waals surface area contributed by atoms with Crippen LogP contribution in [0.2, 0.25) is 0 Å². The normalized spacial score (nSPS) is 21.7. The zero-order valence-electron chi connectivity index (χ0n) is 12.1. The lowest BCUT2D eigenvalue weighted by Gasteiger charge is -2.42. The number of aliphatic hydroxyl groups is 1. The van der Waals surface area contributed by atoms with E-state index in [4.69, 9.17) is 0 Å². The maximum atomic E-state index is 9.51. The smallest absolute Gasteiger partial charge is 0.0538 e. The topological polar surface area (TPSA) is 26.7 Å². The molecule has 0 aromatic rings. The molecule has 0 spiro atoms. The van der Waals surface area contributed by atoms with Crippen molar-refractivity contribution in [2.24, 2.45) is 0 Å². The second-order valence-corrected chi connectivity index (χ2v) is 6.20. The molecular formula is C14H30N2O. The first-order valence-corrected chi connectivity index (χ1v) is 7.09. The first-order valence-electron chi connectivity index (χ1n) is 7.09. The molecule has 1 aliphatic rings. The molecule has 0 radical (unpaired) electrons. The summed E-state index contributed by atoms with van der Waals surface area (Å²) in [5.41, 5.74) is 0.310. The second-order valence-electron chi connectivity index (χ2n) is 6.20. The van der Waals surface area contributed by atoms with Gasteiger partial charge in [-0.3, -0.25) is 4.90 Å². The van der Waals surface area contributed by atoms with Crippen LogP contribution in [-0.2, 0) is 0 Å². The molecule has 0 aliphatic carbocycles. The standard InChI is InChI=1S/C14H30N2O/c1-5-13(17)7-6-8-15-9-11-16(12-10-15)14(2,3)4/h13,17H,5-12H2,1-4H3. The molecule has 17 heavy (non-hydrogen) atoms. The molecule has 0 aromatic carbocycles. The van der Waals surface area contributed by atoms with E-state index in [1.165, 1.54) is 26.2 Å². The second kappa shape index (κ2) is 6.72. The van der Waals surface area contributed by atoms with Gasteiger partial charge >= 0.3 is 0 Å². The first-order chi connectivity index (χ1) is 7.93. The summed E-state index contributed by atoms with van der Waals surface area (Å²) >= 11 is 0. The lowest BCUT2D eigenvalue weighted by Crippen LogP contribution is -2.53. The van der Waals surface area contributed by atoms with E-state index < -0.39 is 0 Å². The SMILES string of the molecule is CCC(O)CCCN1CCN(C(C)(C)C)CC1. The molecule has 1 fully saturated rings. The van der Waals surface area contributed by atoms with Gasteiger partial charge < -0.3 is 10.0 Å². The summed E-state index contributed by atoms with van der Waals surface area (Å²) in [5, 5.41) is 9.51. The Labute approximate surface area is 107 Å². The van der Waals surface area contributed by atoms with Gasteiger partial charge in [-0.25, -0.2) is 0 Å². The molecule has 1 rings (SSSR count). The molecule has 0 saturated carbocycles. The predicted octanol–water partition coefficient (Wildman–Crippen LogP) is 1.95. The fourth-order valence-electron chi connectivity index (χ4n) is 2.40. The minimum absolute atomic E-state index is 0.0918. The predicted molar refractivity (Wildman–Crippen MR) is 73.3 cm³/mol. The quantitative estimate of drug-likeness (QED) is 0.798. The zero-order chi connectivity index (χ0) is 12.9. The summed E-state index contributed by atoms with van der Waals surface area (Å²) in [7, 11) is 0. The Kier molecular flexibility index (Phi) is 5.90. The monoisotopic (exact) mass is 242 g/mol. The maximum absolute atomic E-state index is 9.51. The summed E-state index contributed by atoms with van der Waals surface area (Å²) in [6.07, 6.45) is 2.88. The van der Waals surface area contributed by atoms with E-state index in [0.29, 0.717) is 5.54 Å². The first kappa shape index (κ1) is 14.9. The van der Waals surface area contributed by atoms with Crippen molar-refractivity contribution in [3.63, 3.8) is 0 Å². The highest BCUT2D eigenvalue weighted by Crippen LogP contribution is 2.16. The van der Waals surface area contributed by atoms with Crippen LogP contribution >= 0.6 is 0 Å². The Bertz CT molecular complexity index is 205. The zero-order valence-corrected chi connectivity index (χ0v) is 12.1. The van der Waals surface area contributed by atoms with Gasteiger partial charge in [-0.1, -0.05) is 6.92 Å². The van der Waals surface area contributed by atoms with Crippen molar-refractivity contribution in [1.29, 1.82) is 0 Å². The van der Waals surface area contributed by atoms with Crippen LogP contribution in [0.25, 0.3) is 0 Å². The minimum Gasteiger partial charge on any atom is -0.393 e. The van der Waals surface area contributed by atoms with Crippen LogP contribution in [0.1, 0.15) is 47.0 Å². The van der Waals surface area contributed by atoms with Crippen molar-refractivity contribution in [3.8, 4) is 0 Å². The van der Waals surface area contributed by atoms with E-state index >= 15 is 0 Å². The third kappa shape index (κ3) is 5.36. The number of hydrogen-bond acceptors (Lipinski definition) is 3. The molecule has 102 valence electrons. The van der Waals surface area contributed by atoms with Gasteiger partial charge in [0, 0.05) is 31.7 Å². The van der Waals surface area contributed by atoms with Gasteiger partial charge in [0.15, 0.2) is 0 Å². The highest BCUT2D eigenvalue weighted by Gasteiger charge is 2.25. The number of rotatable bonds is 5. The van der Waals surface area contributed by atoms with E-state index in [1.807, 2.05) is 6.92 Å². The summed E-state index contributed by atoms with van der Waals surface area (Å²) in [5.74, 6) is 0. The molecule has 1 atom stereocenters. The summed E-state index contributed by atoms with van der Waals surface area (Å²) in [6.45, 7) is 14.8. The van der Waals surface area contributed by atoms with Crippen LogP contribution in [0.3, 0.4) is 0 Å². The maximum Gasteiger partial charge on any atom is 0.0538 e. The molecule has 1 heterocycles. The molecule has 0 amide bonds. The van der Waals surface area contributed by atoms with Gasteiger partial charge in [0.1, 0.15) is 0 Å². The van der Waals surface area contributed by atoms with Crippen LogP contribution in [0.4, 0.5) is 0 Å². The fraction of sp³-hybridized carbons (Fsp3) is 1.00. The third-order valence-corrected chi connectivity index (χ3v) is 3.80. The molecule has 1 saturated heterocycles. The average Bonchev–Trinajstić information content (AvgIpc) is 2.28. The van der Waals surface area contributed by atoms with Crippen molar-refractivity contribution in [2.45, 2.75) is 58.6 Å². The molecule has 1 N–H and O–H groups in total. The number of aliphatic hydroxyl groups excluding tert-OH is 1.